The van der Waals surface area contributed by atoms with Gasteiger partial charge in [-0.05, 0) is 11.6 Å². The third-order valence-corrected chi connectivity index (χ3v) is 2.29. The van der Waals surface area contributed by atoms with Crippen LogP contribution >= 0.6 is 0 Å². The molecule has 0 atom stereocenters. The average molecular weight is 228 g/mol. The first-order chi connectivity index (χ1) is 8.17. The molecule has 0 saturated carbocycles. The predicted octanol–water partition coefficient (Wildman–Crippen LogP) is 3.38. The molecule has 2 heteroatoms. The van der Waals surface area contributed by atoms with Crippen molar-refractivity contribution in [3.05, 3.63) is 66.3 Å². The van der Waals surface area contributed by atoms with Crippen LogP contribution in [0.2, 0.25) is 0 Å². The van der Waals surface area contributed by atoms with Gasteiger partial charge in [0.15, 0.2) is 0 Å². The summed E-state index contributed by atoms with van der Waals surface area (Å²) in [5, 5.41) is 0. The lowest BCUT2D eigenvalue weighted by Crippen LogP contribution is -2.05. The van der Waals surface area contributed by atoms with Crippen molar-refractivity contribution in [2.45, 2.75) is 6.42 Å². The molecule has 0 amide bonds. The molecule has 0 saturated heterocycles. The van der Waals surface area contributed by atoms with Crippen molar-refractivity contribution in [1.29, 1.82) is 0 Å². The lowest BCUT2D eigenvalue weighted by atomic mass is 10.0. The molecule has 0 aromatic heterocycles. The summed E-state index contributed by atoms with van der Waals surface area (Å²) in [5.41, 5.74) is 2.32. The van der Waals surface area contributed by atoms with Gasteiger partial charge in [-0.3, -0.25) is 0 Å². The van der Waals surface area contributed by atoms with Crippen LogP contribution in [-0.4, -0.2) is 13.1 Å². The Morgan fingerprint density at radius 2 is 2.00 bits per heavy atom. The number of ether oxygens (including phenoxy) is 1. The third-order valence-electron chi connectivity index (χ3n) is 2.29. The zero-order valence-corrected chi connectivity index (χ0v) is 9.98. The van der Waals surface area contributed by atoms with E-state index in [4.69, 9.17) is 4.74 Å². The molecule has 0 aliphatic carbocycles. The lowest BCUT2D eigenvalue weighted by Gasteiger charge is -2.05. The van der Waals surface area contributed by atoms with Crippen molar-refractivity contribution in [3.8, 4) is 0 Å². The molecule has 2 nitrogen and oxygen atoms in total. The third kappa shape index (κ3) is 4.11. The maximum absolute atomic E-state index is 11.6. The summed E-state index contributed by atoms with van der Waals surface area (Å²) in [6.07, 6.45) is 3.90. The van der Waals surface area contributed by atoms with E-state index in [-0.39, 0.29) is 5.97 Å². The Morgan fingerprint density at radius 1 is 1.35 bits per heavy atom. The van der Waals surface area contributed by atoms with Crippen LogP contribution in [0.1, 0.15) is 12.0 Å². The van der Waals surface area contributed by atoms with Crippen molar-refractivity contribution in [2.75, 3.05) is 7.11 Å². The molecule has 1 rings (SSSR count). The predicted molar refractivity (Wildman–Crippen MR) is 70.4 cm³/mol. The molecular formula is C15H16O2. The molecular weight excluding hydrogens is 212 g/mol. The SMILES string of the molecule is C=CC(=C)C/C(=C/c1ccccc1)C(=O)OC. The van der Waals surface area contributed by atoms with E-state index in [9.17, 15) is 4.79 Å². The first kappa shape index (κ1) is 13.0. The van der Waals surface area contributed by atoms with Gasteiger partial charge >= 0.3 is 5.97 Å². The van der Waals surface area contributed by atoms with E-state index in [2.05, 4.69) is 13.2 Å². The summed E-state index contributed by atoms with van der Waals surface area (Å²) in [4.78, 5) is 11.6. The number of methoxy groups -OCH3 is 1. The van der Waals surface area contributed by atoms with E-state index in [0.29, 0.717) is 12.0 Å². The minimum atomic E-state index is -0.336. The van der Waals surface area contributed by atoms with E-state index in [1.54, 1.807) is 12.2 Å². The van der Waals surface area contributed by atoms with Gasteiger partial charge in [0.2, 0.25) is 0 Å². The molecule has 0 bridgehead atoms. The molecule has 0 unspecified atom stereocenters. The second-order valence-corrected chi connectivity index (χ2v) is 3.61. The quantitative estimate of drug-likeness (QED) is 0.439. The smallest absolute Gasteiger partial charge is 0.334 e. The highest BCUT2D eigenvalue weighted by Gasteiger charge is 2.09. The number of rotatable bonds is 5. The van der Waals surface area contributed by atoms with Crippen LogP contribution in [0.4, 0.5) is 0 Å². The molecule has 0 radical (unpaired) electrons. The zero-order valence-electron chi connectivity index (χ0n) is 9.98. The highest BCUT2D eigenvalue weighted by atomic mass is 16.5. The van der Waals surface area contributed by atoms with Crippen LogP contribution in [0.5, 0.6) is 0 Å². The highest BCUT2D eigenvalue weighted by Crippen LogP contribution is 2.16. The molecule has 0 N–H and O–H groups in total. The fourth-order valence-electron chi connectivity index (χ4n) is 1.38. The Hall–Kier alpha value is -2.09. The average Bonchev–Trinajstić information content (AvgIpc) is 2.38. The van der Waals surface area contributed by atoms with Crippen LogP contribution in [0.3, 0.4) is 0 Å². The van der Waals surface area contributed by atoms with Crippen molar-refractivity contribution >= 4 is 12.0 Å². The number of hydrogen-bond donors (Lipinski definition) is 0. The van der Waals surface area contributed by atoms with Crippen LogP contribution in [-0.2, 0) is 9.53 Å². The summed E-state index contributed by atoms with van der Waals surface area (Å²) in [6, 6.07) is 9.63. The second kappa shape index (κ2) is 6.48. The number of carbonyl (C=O) groups excluding carboxylic acids is 1. The number of esters is 1. The van der Waals surface area contributed by atoms with Crippen LogP contribution in [0.25, 0.3) is 6.08 Å². The Labute approximate surface area is 102 Å². The van der Waals surface area contributed by atoms with E-state index < -0.39 is 0 Å². The summed E-state index contributed by atoms with van der Waals surface area (Å²) in [7, 11) is 1.37. The molecule has 0 aliphatic rings. The minimum Gasteiger partial charge on any atom is -0.466 e. The van der Waals surface area contributed by atoms with Crippen molar-refractivity contribution in [1.82, 2.24) is 0 Å². The minimum absolute atomic E-state index is 0.336. The number of hydrogen-bond acceptors (Lipinski definition) is 2. The Bertz CT molecular complexity index is 441. The Balaban J connectivity index is 2.98. The van der Waals surface area contributed by atoms with E-state index in [1.807, 2.05) is 30.3 Å². The topological polar surface area (TPSA) is 26.3 Å². The normalized spacial score (nSPS) is 10.8. The second-order valence-electron chi connectivity index (χ2n) is 3.61. The summed E-state index contributed by atoms with van der Waals surface area (Å²) >= 11 is 0. The fraction of sp³-hybridized carbons (Fsp3) is 0.133. The van der Waals surface area contributed by atoms with Crippen LogP contribution in [0.15, 0.2) is 60.7 Å². The van der Waals surface area contributed by atoms with E-state index in [0.717, 1.165) is 11.1 Å². The molecule has 1 aromatic rings. The van der Waals surface area contributed by atoms with Gasteiger partial charge in [-0.1, -0.05) is 55.1 Å². The number of allylic oxidation sites excluding steroid dienone is 2. The first-order valence-electron chi connectivity index (χ1n) is 5.31. The standard InChI is InChI=1S/C15H16O2/c1-4-12(2)10-14(15(16)17-3)11-13-8-6-5-7-9-13/h4-9,11H,1-2,10H2,3H3/b14-11-. The molecule has 0 fully saturated rings. The first-order valence-corrected chi connectivity index (χ1v) is 5.31. The monoisotopic (exact) mass is 228 g/mol. The van der Waals surface area contributed by atoms with Crippen molar-refractivity contribution in [2.24, 2.45) is 0 Å². The Morgan fingerprint density at radius 3 is 2.53 bits per heavy atom. The van der Waals surface area contributed by atoms with Crippen molar-refractivity contribution < 1.29 is 9.53 Å². The fourth-order valence-corrected chi connectivity index (χ4v) is 1.38. The molecule has 0 heterocycles. The van der Waals surface area contributed by atoms with Gasteiger partial charge in [0.05, 0.1) is 7.11 Å². The van der Waals surface area contributed by atoms with Crippen LogP contribution in [0, 0.1) is 0 Å². The van der Waals surface area contributed by atoms with Gasteiger partial charge in [0.1, 0.15) is 0 Å². The van der Waals surface area contributed by atoms with Crippen molar-refractivity contribution in [3.63, 3.8) is 0 Å². The van der Waals surface area contributed by atoms with Gasteiger partial charge in [-0.15, -0.1) is 0 Å². The van der Waals surface area contributed by atoms with E-state index in [1.165, 1.54) is 7.11 Å². The summed E-state index contributed by atoms with van der Waals surface area (Å²) in [5.74, 6) is -0.336. The maximum Gasteiger partial charge on any atom is 0.334 e. The summed E-state index contributed by atoms with van der Waals surface area (Å²) < 4.78 is 4.75. The molecule has 88 valence electrons. The van der Waals surface area contributed by atoms with Crippen LogP contribution < -0.4 is 0 Å². The molecule has 0 aliphatic heterocycles. The van der Waals surface area contributed by atoms with E-state index >= 15 is 0 Å². The molecule has 17 heavy (non-hydrogen) atoms. The zero-order chi connectivity index (χ0) is 12.7. The Kier molecular flexibility index (Phi) is 4.95. The lowest BCUT2D eigenvalue weighted by molar-refractivity contribution is -0.136. The molecule has 1 aromatic carbocycles. The maximum atomic E-state index is 11.6. The largest absolute Gasteiger partial charge is 0.466 e. The van der Waals surface area contributed by atoms with Gasteiger partial charge in [-0.2, -0.15) is 0 Å². The number of benzene rings is 1. The van der Waals surface area contributed by atoms with Gasteiger partial charge in [0.25, 0.3) is 0 Å². The van der Waals surface area contributed by atoms with Gasteiger partial charge in [0, 0.05) is 12.0 Å². The summed E-state index contributed by atoms with van der Waals surface area (Å²) in [6.45, 7) is 7.43. The van der Waals surface area contributed by atoms with Gasteiger partial charge in [-0.25, -0.2) is 4.79 Å². The van der Waals surface area contributed by atoms with Gasteiger partial charge < -0.3 is 4.74 Å². The molecule has 0 spiro atoms. The number of carbonyl (C=O) groups is 1. The highest BCUT2D eigenvalue weighted by molar-refractivity contribution is 5.94.